The van der Waals surface area contributed by atoms with Gasteiger partial charge in [0.25, 0.3) is 0 Å². The molecule has 0 amide bonds. The minimum absolute atomic E-state index is 0.00828. The van der Waals surface area contributed by atoms with Gasteiger partial charge in [0, 0.05) is 12.6 Å². The molecule has 2 aromatic carbocycles. The third kappa shape index (κ3) is 6.58. The lowest BCUT2D eigenvalue weighted by atomic mass is 9.69. The van der Waals surface area contributed by atoms with Crippen LogP contribution in [0.1, 0.15) is 57.2 Å². The van der Waals surface area contributed by atoms with Crippen LogP contribution in [-0.2, 0) is 18.0 Å². The van der Waals surface area contributed by atoms with Gasteiger partial charge in [0.2, 0.25) is 0 Å². The second-order valence-corrected chi connectivity index (χ2v) is 8.78. The third-order valence-corrected chi connectivity index (χ3v) is 6.19. The number of hydrogen-bond acceptors (Lipinski definition) is 2. The molecule has 0 aliphatic rings. The summed E-state index contributed by atoms with van der Waals surface area (Å²) in [6.45, 7) is 10.1. The number of nitrogens with zero attached hydrogens (tertiary/aromatic N) is 2. The van der Waals surface area contributed by atoms with Gasteiger partial charge in [-0.25, -0.2) is 0 Å². The maximum absolute atomic E-state index is 12.9. The summed E-state index contributed by atoms with van der Waals surface area (Å²) in [6.07, 6.45) is -1.99. The average Bonchev–Trinajstić information content (AvgIpc) is 2.73. The van der Waals surface area contributed by atoms with Gasteiger partial charge in [0.05, 0.1) is 17.0 Å². The number of rotatable bonds is 10. The van der Waals surface area contributed by atoms with Crippen molar-refractivity contribution >= 4 is 0 Å². The minimum atomic E-state index is -4.37. The molecule has 0 saturated heterocycles. The van der Waals surface area contributed by atoms with E-state index in [0.29, 0.717) is 18.0 Å². The summed E-state index contributed by atoms with van der Waals surface area (Å²) >= 11 is 0. The van der Waals surface area contributed by atoms with Crippen molar-refractivity contribution in [2.45, 2.75) is 64.6 Å². The van der Waals surface area contributed by atoms with Crippen molar-refractivity contribution in [3.05, 3.63) is 71.3 Å². The lowest BCUT2D eigenvalue weighted by molar-refractivity contribution is -0.137. The monoisotopic (exact) mass is 430 g/mol. The van der Waals surface area contributed by atoms with Crippen molar-refractivity contribution in [1.29, 1.82) is 5.26 Å². The first-order valence-electron chi connectivity index (χ1n) is 11.0. The predicted octanol–water partition coefficient (Wildman–Crippen LogP) is 6.86. The van der Waals surface area contributed by atoms with E-state index in [1.807, 2.05) is 32.0 Å². The lowest BCUT2D eigenvalue weighted by Crippen LogP contribution is -2.36. The van der Waals surface area contributed by atoms with Crippen LogP contribution < -0.4 is 0 Å². The van der Waals surface area contributed by atoms with Crippen LogP contribution in [0.4, 0.5) is 13.2 Å². The molecule has 2 rings (SSSR count). The molecule has 0 saturated carbocycles. The molecular formula is C26H33F3N2. The SMILES string of the molecule is CC(C)N(CCCC(C#N)(c1ccc(C(F)(F)F)cc1)C(C)C)CCc1ccccc1. The Morgan fingerprint density at radius 2 is 1.45 bits per heavy atom. The molecule has 0 N–H and O–H groups in total. The molecule has 1 unspecified atom stereocenters. The fraction of sp³-hybridized carbons (Fsp3) is 0.500. The number of nitriles is 1. The summed E-state index contributed by atoms with van der Waals surface area (Å²) in [5, 5.41) is 10.1. The van der Waals surface area contributed by atoms with Gasteiger partial charge in [-0.1, -0.05) is 56.3 Å². The van der Waals surface area contributed by atoms with Crippen LogP contribution >= 0.6 is 0 Å². The summed E-state index contributed by atoms with van der Waals surface area (Å²) in [6, 6.07) is 18.3. The van der Waals surface area contributed by atoms with Crippen molar-refractivity contribution in [2.24, 2.45) is 5.92 Å². The standard InChI is InChI=1S/C26H33F3N2/c1-20(2)25(19-30,23-11-13-24(14-12-23)26(27,28)29)16-8-17-31(21(3)4)18-15-22-9-6-5-7-10-22/h5-7,9-14,20-21H,8,15-18H2,1-4H3. The summed E-state index contributed by atoms with van der Waals surface area (Å²) in [5.41, 5.74) is 0.482. The van der Waals surface area contributed by atoms with Crippen LogP contribution in [0.3, 0.4) is 0 Å². The Labute approximate surface area is 184 Å². The summed E-state index contributed by atoms with van der Waals surface area (Å²) < 4.78 is 38.8. The fourth-order valence-electron chi connectivity index (χ4n) is 4.08. The molecule has 0 spiro atoms. The molecule has 2 nitrogen and oxygen atoms in total. The van der Waals surface area contributed by atoms with Crippen LogP contribution in [0.5, 0.6) is 0 Å². The van der Waals surface area contributed by atoms with E-state index in [-0.39, 0.29) is 5.92 Å². The van der Waals surface area contributed by atoms with Crippen LogP contribution in [0, 0.1) is 17.2 Å². The molecular weight excluding hydrogens is 397 g/mol. The highest BCUT2D eigenvalue weighted by Gasteiger charge is 2.37. The first kappa shape index (κ1) is 24.9. The van der Waals surface area contributed by atoms with E-state index in [0.717, 1.165) is 38.1 Å². The Kier molecular flexibility index (Phi) is 8.70. The molecule has 2 aromatic rings. The van der Waals surface area contributed by atoms with Gasteiger partial charge >= 0.3 is 6.18 Å². The minimum Gasteiger partial charge on any atom is -0.301 e. The fourth-order valence-corrected chi connectivity index (χ4v) is 4.08. The Balaban J connectivity index is 2.09. The van der Waals surface area contributed by atoms with Crippen molar-refractivity contribution < 1.29 is 13.2 Å². The zero-order valence-corrected chi connectivity index (χ0v) is 18.9. The summed E-state index contributed by atoms with van der Waals surface area (Å²) in [7, 11) is 0. The van der Waals surface area contributed by atoms with E-state index in [2.05, 4.69) is 36.9 Å². The van der Waals surface area contributed by atoms with E-state index in [1.54, 1.807) is 0 Å². The third-order valence-electron chi connectivity index (χ3n) is 6.19. The van der Waals surface area contributed by atoms with Crippen LogP contribution in [0.2, 0.25) is 0 Å². The first-order valence-corrected chi connectivity index (χ1v) is 11.0. The van der Waals surface area contributed by atoms with E-state index in [1.165, 1.54) is 17.7 Å². The molecule has 0 bridgehead atoms. The van der Waals surface area contributed by atoms with Crippen molar-refractivity contribution in [3.63, 3.8) is 0 Å². The molecule has 31 heavy (non-hydrogen) atoms. The van der Waals surface area contributed by atoms with Crippen molar-refractivity contribution in [3.8, 4) is 6.07 Å². The Morgan fingerprint density at radius 3 is 1.94 bits per heavy atom. The van der Waals surface area contributed by atoms with Gasteiger partial charge < -0.3 is 4.90 Å². The number of benzene rings is 2. The molecule has 0 aliphatic heterocycles. The zero-order chi connectivity index (χ0) is 23.1. The molecule has 5 heteroatoms. The van der Waals surface area contributed by atoms with Crippen LogP contribution in [-0.4, -0.2) is 24.0 Å². The molecule has 1 atom stereocenters. The van der Waals surface area contributed by atoms with Gasteiger partial charge in [0.1, 0.15) is 0 Å². The second kappa shape index (κ2) is 10.8. The number of halogens is 3. The highest BCUT2D eigenvalue weighted by atomic mass is 19.4. The molecule has 168 valence electrons. The van der Waals surface area contributed by atoms with Crippen molar-refractivity contribution in [1.82, 2.24) is 4.90 Å². The van der Waals surface area contributed by atoms with E-state index in [4.69, 9.17) is 0 Å². The number of alkyl halides is 3. The molecule has 0 fully saturated rings. The largest absolute Gasteiger partial charge is 0.416 e. The van der Waals surface area contributed by atoms with Gasteiger partial charge in [-0.3, -0.25) is 0 Å². The smallest absolute Gasteiger partial charge is 0.301 e. The van der Waals surface area contributed by atoms with Gasteiger partial charge in [-0.2, -0.15) is 18.4 Å². The Morgan fingerprint density at radius 1 is 0.871 bits per heavy atom. The van der Waals surface area contributed by atoms with Gasteiger partial charge in [-0.05, 0) is 68.8 Å². The van der Waals surface area contributed by atoms with Gasteiger partial charge in [-0.15, -0.1) is 0 Å². The van der Waals surface area contributed by atoms with Gasteiger partial charge in [0.15, 0.2) is 0 Å². The maximum atomic E-state index is 12.9. The average molecular weight is 431 g/mol. The van der Waals surface area contributed by atoms with Crippen LogP contribution in [0.25, 0.3) is 0 Å². The molecule has 0 aromatic heterocycles. The highest BCUT2D eigenvalue weighted by molar-refractivity contribution is 5.36. The van der Waals surface area contributed by atoms with E-state index in [9.17, 15) is 18.4 Å². The molecule has 0 aliphatic carbocycles. The predicted molar refractivity (Wildman–Crippen MR) is 120 cm³/mol. The quantitative estimate of drug-likeness (QED) is 0.412. The zero-order valence-electron chi connectivity index (χ0n) is 18.9. The normalized spacial score (nSPS) is 14.1. The van der Waals surface area contributed by atoms with Crippen LogP contribution in [0.15, 0.2) is 54.6 Å². The molecule has 0 radical (unpaired) electrons. The maximum Gasteiger partial charge on any atom is 0.416 e. The van der Waals surface area contributed by atoms with E-state index >= 15 is 0 Å². The summed E-state index contributed by atoms with van der Waals surface area (Å²) in [5.74, 6) is -0.00828. The second-order valence-electron chi connectivity index (χ2n) is 8.78. The number of hydrogen-bond donors (Lipinski definition) is 0. The Bertz CT molecular complexity index is 836. The summed E-state index contributed by atoms with van der Waals surface area (Å²) in [4.78, 5) is 2.40. The molecule has 0 heterocycles. The van der Waals surface area contributed by atoms with E-state index < -0.39 is 17.2 Å². The Hall–Kier alpha value is -2.32. The lowest BCUT2D eigenvalue weighted by Gasteiger charge is -2.33. The first-order chi connectivity index (χ1) is 14.6. The highest BCUT2D eigenvalue weighted by Crippen LogP contribution is 2.38. The topological polar surface area (TPSA) is 27.0 Å². The van der Waals surface area contributed by atoms with Crippen molar-refractivity contribution in [2.75, 3.05) is 13.1 Å².